The van der Waals surface area contributed by atoms with E-state index in [1.807, 2.05) is 6.07 Å². The van der Waals surface area contributed by atoms with Crippen molar-refractivity contribution in [1.82, 2.24) is 0 Å². The highest BCUT2D eigenvalue weighted by atomic mass is 79.9. The summed E-state index contributed by atoms with van der Waals surface area (Å²) in [5.74, 6) is 0.971. The van der Waals surface area contributed by atoms with E-state index in [0.29, 0.717) is 0 Å². The molecule has 0 radical (unpaired) electrons. The second kappa shape index (κ2) is 3.84. The van der Waals surface area contributed by atoms with Crippen LogP contribution in [-0.2, 0) is 0 Å². The summed E-state index contributed by atoms with van der Waals surface area (Å²) < 4.78 is 6.95. The van der Waals surface area contributed by atoms with Crippen molar-refractivity contribution in [1.29, 1.82) is 0 Å². The predicted molar refractivity (Wildman–Crippen MR) is 62.9 cm³/mol. The molecule has 0 amide bonds. The van der Waals surface area contributed by atoms with Crippen LogP contribution in [0.2, 0.25) is 19.6 Å². The topological polar surface area (TPSA) is 9.23 Å². The third kappa shape index (κ3) is 3.52. The first-order valence-electron chi connectivity index (χ1n) is 4.34. The van der Waals surface area contributed by atoms with Crippen LogP contribution in [0.1, 0.15) is 5.56 Å². The Morgan fingerprint density at radius 1 is 1.23 bits per heavy atom. The molecular formula is C10H15BrOSi. The van der Waals surface area contributed by atoms with Crippen LogP contribution in [0.4, 0.5) is 0 Å². The van der Waals surface area contributed by atoms with Gasteiger partial charge < -0.3 is 4.43 Å². The normalized spacial score (nSPS) is 11.5. The van der Waals surface area contributed by atoms with Crippen LogP contribution < -0.4 is 4.43 Å². The van der Waals surface area contributed by atoms with Crippen LogP contribution >= 0.6 is 15.9 Å². The Bertz CT molecular complexity index is 304. The van der Waals surface area contributed by atoms with Crippen LogP contribution in [0.5, 0.6) is 5.75 Å². The minimum absolute atomic E-state index is 0.971. The number of benzene rings is 1. The van der Waals surface area contributed by atoms with Crippen LogP contribution in [-0.4, -0.2) is 8.32 Å². The van der Waals surface area contributed by atoms with E-state index in [2.05, 4.69) is 54.6 Å². The SMILES string of the molecule is Cc1ccc(Br)c(O[Si](C)(C)C)c1. The molecule has 13 heavy (non-hydrogen) atoms. The molecule has 0 bridgehead atoms. The second-order valence-electron chi connectivity index (χ2n) is 4.15. The summed E-state index contributed by atoms with van der Waals surface area (Å²) in [4.78, 5) is 0. The quantitative estimate of drug-likeness (QED) is 0.730. The van der Waals surface area contributed by atoms with E-state index >= 15 is 0 Å². The summed E-state index contributed by atoms with van der Waals surface area (Å²) in [7, 11) is -1.48. The van der Waals surface area contributed by atoms with Gasteiger partial charge in [0, 0.05) is 0 Å². The minimum atomic E-state index is -1.48. The lowest BCUT2D eigenvalue weighted by Gasteiger charge is -2.20. The Balaban J connectivity index is 2.94. The predicted octanol–water partition coefficient (Wildman–Crippen LogP) is 3.97. The molecule has 0 aliphatic rings. The maximum Gasteiger partial charge on any atom is 0.242 e. The lowest BCUT2D eigenvalue weighted by atomic mass is 10.2. The van der Waals surface area contributed by atoms with Crippen LogP contribution in [0.15, 0.2) is 22.7 Å². The molecule has 72 valence electrons. The monoisotopic (exact) mass is 258 g/mol. The zero-order valence-corrected chi connectivity index (χ0v) is 11.1. The Labute approximate surface area is 89.4 Å². The molecule has 0 saturated carbocycles. The van der Waals surface area contributed by atoms with Gasteiger partial charge in [-0.2, -0.15) is 0 Å². The van der Waals surface area contributed by atoms with Gasteiger partial charge in [-0.25, -0.2) is 0 Å². The standard InChI is InChI=1S/C10H15BrOSi/c1-8-5-6-9(11)10(7-8)12-13(2,3)4/h5-7H,1-4H3. The molecule has 0 saturated heterocycles. The molecular weight excluding hydrogens is 244 g/mol. The van der Waals surface area contributed by atoms with E-state index in [9.17, 15) is 0 Å². The first kappa shape index (κ1) is 10.8. The van der Waals surface area contributed by atoms with E-state index in [1.165, 1.54) is 5.56 Å². The number of halogens is 1. The van der Waals surface area contributed by atoms with Gasteiger partial charge in [0.25, 0.3) is 0 Å². The van der Waals surface area contributed by atoms with Crippen molar-refractivity contribution in [3.63, 3.8) is 0 Å². The van der Waals surface area contributed by atoms with Gasteiger partial charge in [-0.1, -0.05) is 6.07 Å². The smallest absolute Gasteiger partial charge is 0.242 e. The van der Waals surface area contributed by atoms with Gasteiger partial charge in [0.1, 0.15) is 5.75 Å². The summed E-state index contributed by atoms with van der Waals surface area (Å²) in [6, 6.07) is 6.17. The summed E-state index contributed by atoms with van der Waals surface area (Å²) in [5, 5.41) is 0. The molecule has 0 aliphatic heterocycles. The van der Waals surface area contributed by atoms with Crippen molar-refractivity contribution in [3.8, 4) is 5.75 Å². The number of rotatable bonds is 2. The van der Waals surface area contributed by atoms with Gasteiger partial charge >= 0.3 is 0 Å². The van der Waals surface area contributed by atoms with Crippen molar-refractivity contribution in [3.05, 3.63) is 28.2 Å². The zero-order valence-electron chi connectivity index (χ0n) is 8.52. The third-order valence-corrected chi connectivity index (χ3v) is 2.99. The fourth-order valence-electron chi connectivity index (χ4n) is 1.02. The molecule has 0 aromatic heterocycles. The average Bonchev–Trinajstić information content (AvgIpc) is 1.94. The molecule has 3 heteroatoms. The van der Waals surface area contributed by atoms with Crippen molar-refractivity contribution in [2.24, 2.45) is 0 Å². The zero-order chi connectivity index (χ0) is 10.1. The summed E-state index contributed by atoms with van der Waals surface area (Å²) in [6.07, 6.45) is 0. The highest BCUT2D eigenvalue weighted by Gasteiger charge is 2.17. The van der Waals surface area contributed by atoms with Crippen LogP contribution in [0.3, 0.4) is 0 Å². The second-order valence-corrected chi connectivity index (χ2v) is 9.43. The molecule has 1 nitrogen and oxygen atoms in total. The van der Waals surface area contributed by atoms with Crippen molar-refractivity contribution in [2.45, 2.75) is 26.6 Å². The van der Waals surface area contributed by atoms with Gasteiger partial charge in [-0.3, -0.25) is 0 Å². The fourth-order valence-corrected chi connectivity index (χ4v) is 2.32. The molecule has 0 unspecified atom stereocenters. The van der Waals surface area contributed by atoms with Gasteiger partial charge in [0.2, 0.25) is 8.32 Å². The van der Waals surface area contributed by atoms with Gasteiger partial charge in [0.05, 0.1) is 4.47 Å². The molecule has 1 aromatic carbocycles. The van der Waals surface area contributed by atoms with E-state index < -0.39 is 8.32 Å². The molecule has 0 atom stereocenters. The molecule has 0 fully saturated rings. The van der Waals surface area contributed by atoms with E-state index in [0.717, 1.165) is 10.2 Å². The van der Waals surface area contributed by atoms with Gasteiger partial charge in [-0.15, -0.1) is 0 Å². The molecule has 0 aliphatic carbocycles. The van der Waals surface area contributed by atoms with Gasteiger partial charge in [0.15, 0.2) is 0 Å². The largest absolute Gasteiger partial charge is 0.544 e. The maximum absolute atomic E-state index is 5.91. The molecule has 0 N–H and O–H groups in total. The lowest BCUT2D eigenvalue weighted by molar-refractivity contribution is 0.553. The lowest BCUT2D eigenvalue weighted by Crippen LogP contribution is -2.29. The first-order chi connectivity index (χ1) is 5.88. The minimum Gasteiger partial charge on any atom is -0.544 e. The summed E-state index contributed by atoms with van der Waals surface area (Å²) in [5.41, 5.74) is 1.23. The molecule has 1 rings (SSSR count). The van der Waals surface area contributed by atoms with Crippen molar-refractivity contribution >= 4 is 24.2 Å². The van der Waals surface area contributed by atoms with Crippen molar-refractivity contribution < 1.29 is 4.43 Å². The Morgan fingerprint density at radius 3 is 2.38 bits per heavy atom. The highest BCUT2D eigenvalue weighted by Crippen LogP contribution is 2.27. The summed E-state index contributed by atoms with van der Waals surface area (Å²) >= 11 is 3.48. The maximum atomic E-state index is 5.91. The number of hydrogen-bond donors (Lipinski definition) is 0. The average molecular weight is 259 g/mol. The van der Waals surface area contributed by atoms with Crippen LogP contribution in [0.25, 0.3) is 0 Å². The molecule has 0 spiro atoms. The Morgan fingerprint density at radius 2 is 1.85 bits per heavy atom. The third-order valence-electron chi connectivity index (χ3n) is 1.50. The Hall–Kier alpha value is -0.283. The van der Waals surface area contributed by atoms with E-state index in [4.69, 9.17) is 4.43 Å². The van der Waals surface area contributed by atoms with E-state index in [-0.39, 0.29) is 0 Å². The number of hydrogen-bond acceptors (Lipinski definition) is 1. The summed E-state index contributed by atoms with van der Waals surface area (Å²) in [6.45, 7) is 8.62. The van der Waals surface area contributed by atoms with E-state index in [1.54, 1.807) is 0 Å². The first-order valence-corrected chi connectivity index (χ1v) is 8.54. The van der Waals surface area contributed by atoms with Crippen molar-refractivity contribution in [2.75, 3.05) is 0 Å². The Kier molecular flexibility index (Phi) is 3.19. The van der Waals surface area contributed by atoms with Gasteiger partial charge in [-0.05, 0) is 60.2 Å². The fraction of sp³-hybridized carbons (Fsp3) is 0.400. The molecule has 0 heterocycles. The van der Waals surface area contributed by atoms with Crippen LogP contribution in [0, 0.1) is 6.92 Å². The highest BCUT2D eigenvalue weighted by molar-refractivity contribution is 9.10. The molecule has 1 aromatic rings. The number of aryl methyl sites for hydroxylation is 1.